The standard InChI is InChI=1S/C31H28ClN3O5S2/c1-3-16-40-23-10-7-9-20(17-23)26-25(27(36)19-12-14-22(15-13-19)39-4-2)28(37)29(38)35(26)30-33-34-31(42-30)41-18-21-8-5-6-11-24(21)32/h5-15,17,26,36H,3-4,16,18H2,1-2H3/b27-25+. The molecule has 1 aliphatic rings. The van der Waals surface area contributed by atoms with E-state index in [4.69, 9.17) is 21.1 Å². The van der Waals surface area contributed by atoms with Crippen LogP contribution in [0.25, 0.3) is 5.76 Å². The highest BCUT2D eigenvalue weighted by molar-refractivity contribution is 8.00. The van der Waals surface area contributed by atoms with E-state index in [-0.39, 0.29) is 16.5 Å². The number of thioether (sulfide) groups is 1. The molecular formula is C31H28ClN3O5S2. The summed E-state index contributed by atoms with van der Waals surface area (Å²) in [7, 11) is 0. The quantitative estimate of drug-likeness (QED) is 0.0612. The number of ether oxygens (including phenoxy) is 2. The van der Waals surface area contributed by atoms with Crippen LogP contribution in [0.3, 0.4) is 0 Å². The van der Waals surface area contributed by atoms with Gasteiger partial charge in [-0.25, -0.2) is 0 Å². The normalized spacial score (nSPS) is 16.2. The van der Waals surface area contributed by atoms with E-state index in [1.165, 1.54) is 28.0 Å². The van der Waals surface area contributed by atoms with Gasteiger partial charge >= 0.3 is 5.91 Å². The zero-order chi connectivity index (χ0) is 29.6. The van der Waals surface area contributed by atoms with Gasteiger partial charge in [-0.05, 0) is 66.9 Å². The molecule has 1 unspecified atom stereocenters. The molecule has 1 amide bonds. The van der Waals surface area contributed by atoms with Gasteiger partial charge in [-0.2, -0.15) is 0 Å². The molecule has 42 heavy (non-hydrogen) atoms. The third-order valence-corrected chi connectivity index (χ3v) is 8.91. The topological polar surface area (TPSA) is 102 Å². The van der Waals surface area contributed by atoms with Gasteiger partial charge in [0.2, 0.25) is 5.13 Å². The number of amides is 1. The van der Waals surface area contributed by atoms with Crippen LogP contribution in [0, 0.1) is 0 Å². The lowest BCUT2D eigenvalue weighted by Gasteiger charge is -2.23. The van der Waals surface area contributed by atoms with E-state index in [1.807, 2.05) is 44.2 Å². The number of hydrogen-bond donors (Lipinski definition) is 1. The zero-order valence-electron chi connectivity index (χ0n) is 23.0. The van der Waals surface area contributed by atoms with E-state index >= 15 is 0 Å². The van der Waals surface area contributed by atoms with Crippen LogP contribution >= 0.6 is 34.7 Å². The molecular weight excluding hydrogens is 594 g/mol. The maximum Gasteiger partial charge on any atom is 0.301 e. The third-order valence-electron chi connectivity index (χ3n) is 6.44. The fraction of sp³-hybridized carbons (Fsp3) is 0.226. The number of rotatable bonds is 11. The lowest BCUT2D eigenvalue weighted by atomic mass is 9.95. The molecule has 5 rings (SSSR count). The Labute approximate surface area is 257 Å². The fourth-order valence-corrected chi connectivity index (χ4v) is 6.64. The van der Waals surface area contributed by atoms with E-state index in [9.17, 15) is 14.7 Å². The van der Waals surface area contributed by atoms with E-state index in [0.29, 0.717) is 51.0 Å². The van der Waals surface area contributed by atoms with Crippen molar-refractivity contribution >= 4 is 57.3 Å². The molecule has 0 spiro atoms. The van der Waals surface area contributed by atoms with E-state index < -0.39 is 17.7 Å². The van der Waals surface area contributed by atoms with Gasteiger partial charge in [-0.15, -0.1) is 10.2 Å². The third kappa shape index (κ3) is 6.30. The molecule has 0 aliphatic carbocycles. The SMILES string of the molecule is CCCOc1cccc(C2/C(=C(\O)c3ccc(OCC)cc3)C(=O)C(=O)N2c2nnc(SCc3ccccc3Cl)s2)c1. The summed E-state index contributed by atoms with van der Waals surface area (Å²) in [5, 5.41) is 20.9. The van der Waals surface area contributed by atoms with Crippen molar-refractivity contribution in [1.29, 1.82) is 0 Å². The second-order valence-electron chi connectivity index (χ2n) is 9.28. The first kappa shape index (κ1) is 29.6. The summed E-state index contributed by atoms with van der Waals surface area (Å²) < 4.78 is 12.0. The van der Waals surface area contributed by atoms with Gasteiger partial charge < -0.3 is 14.6 Å². The predicted octanol–water partition coefficient (Wildman–Crippen LogP) is 7.30. The average molecular weight is 622 g/mol. The summed E-state index contributed by atoms with van der Waals surface area (Å²) in [4.78, 5) is 28.4. The zero-order valence-corrected chi connectivity index (χ0v) is 25.3. The number of aliphatic hydroxyl groups is 1. The largest absolute Gasteiger partial charge is 0.507 e. The van der Waals surface area contributed by atoms with E-state index in [1.54, 1.807) is 42.5 Å². The number of Topliss-reactive ketones (excluding diaryl/α,β-unsaturated/α-hetero) is 1. The van der Waals surface area contributed by atoms with Crippen LogP contribution in [-0.4, -0.2) is 40.2 Å². The first-order valence-electron chi connectivity index (χ1n) is 13.4. The van der Waals surface area contributed by atoms with Crippen molar-refractivity contribution in [2.45, 2.75) is 36.4 Å². The Morgan fingerprint density at radius 3 is 2.52 bits per heavy atom. The van der Waals surface area contributed by atoms with Crippen LogP contribution in [0.15, 0.2) is 82.7 Å². The number of carbonyl (C=O) groups excluding carboxylic acids is 2. The summed E-state index contributed by atoms with van der Waals surface area (Å²) in [6.45, 7) is 4.89. The van der Waals surface area contributed by atoms with Gasteiger partial charge in [-0.1, -0.05) is 72.0 Å². The molecule has 1 fully saturated rings. The van der Waals surface area contributed by atoms with Crippen LogP contribution in [0.5, 0.6) is 11.5 Å². The predicted molar refractivity (Wildman–Crippen MR) is 166 cm³/mol. The van der Waals surface area contributed by atoms with Crippen LogP contribution < -0.4 is 14.4 Å². The number of carbonyl (C=O) groups is 2. The minimum Gasteiger partial charge on any atom is -0.507 e. The summed E-state index contributed by atoms with van der Waals surface area (Å²) in [6.07, 6.45) is 0.819. The number of halogens is 1. The number of aromatic nitrogens is 2. The number of ketones is 1. The molecule has 216 valence electrons. The molecule has 1 N–H and O–H groups in total. The van der Waals surface area contributed by atoms with Crippen molar-refractivity contribution < 1.29 is 24.2 Å². The molecule has 0 saturated carbocycles. The summed E-state index contributed by atoms with van der Waals surface area (Å²) in [6, 6.07) is 20.5. The summed E-state index contributed by atoms with van der Waals surface area (Å²) in [5.74, 6) is -0.123. The van der Waals surface area contributed by atoms with Crippen molar-refractivity contribution in [3.05, 3.63) is 100 Å². The Balaban J connectivity index is 1.54. The molecule has 0 bridgehead atoms. The number of aliphatic hydroxyl groups excluding tert-OH is 1. The first-order chi connectivity index (χ1) is 20.4. The van der Waals surface area contributed by atoms with E-state index in [2.05, 4.69) is 10.2 Å². The lowest BCUT2D eigenvalue weighted by molar-refractivity contribution is -0.132. The maximum atomic E-state index is 13.6. The van der Waals surface area contributed by atoms with Gasteiger partial charge in [-0.3, -0.25) is 14.5 Å². The number of hydrogen-bond acceptors (Lipinski definition) is 9. The van der Waals surface area contributed by atoms with Gasteiger partial charge in [0.1, 0.15) is 17.3 Å². The molecule has 11 heteroatoms. The molecule has 1 aliphatic heterocycles. The Bertz CT molecular complexity index is 1620. The molecule has 1 saturated heterocycles. The van der Waals surface area contributed by atoms with E-state index in [0.717, 1.165) is 12.0 Å². The Kier molecular flexibility index (Phi) is 9.46. The highest BCUT2D eigenvalue weighted by Gasteiger charge is 2.48. The maximum absolute atomic E-state index is 13.6. The fourth-order valence-electron chi connectivity index (χ4n) is 4.48. The minimum absolute atomic E-state index is 0.0442. The highest BCUT2D eigenvalue weighted by Crippen LogP contribution is 2.44. The molecule has 0 radical (unpaired) electrons. The molecule has 3 aromatic carbocycles. The highest BCUT2D eigenvalue weighted by atomic mass is 35.5. The second kappa shape index (κ2) is 13.4. The van der Waals surface area contributed by atoms with Crippen molar-refractivity contribution in [2.24, 2.45) is 0 Å². The monoisotopic (exact) mass is 621 g/mol. The van der Waals surface area contributed by atoms with Gasteiger partial charge in [0.05, 0.1) is 24.8 Å². The Hall–Kier alpha value is -3.86. The first-order valence-corrected chi connectivity index (χ1v) is 15.6. The second-order valence-corrected chi connectivity index (χ2v) is 11.9. The number of benzene rings is 3. The summed E-state index contributed by atoms with van der Waals surface area (Å²) in [5.41, 5.74) is 1.88. The van der Waals surface area contributed by atoms with Crippen molar-refractivity contribution in [3.63, 3.8) is 0 Å². The smallest absolute Gasteiger partial charge is 0.301 e. The molecule has 4 aromatic rings. The Morgan fingerprint density at radius 2 is 1.79 bits per heavy atom. The number of anilines is 1. The lowest BCUT2D eigenvalue weighted by Crippen LogP contribution is -2.29. The average Bonchev–Trinajstić information content (AvgIpc) is 3.57. The van der Waals surface area contributed by atoms with Crippen LogP contribution in [0.2, 0.25) is 5.02 Å². The van der Waals surface area contributed by atoms with Crippen LogP contribution in [0.1, 0.15) is 43.0 Å². The van der Waals surface area contributed by atoms with Crippen molar-refractivity contribution in [3.8, 4) is 11.5 Å². The van der Waals surface area contributed by atoms with Gasteiger partial charge in [0.15, 0.2) is 4.34 Å². The minimum atomic E-state index is -0.948. The van der Waals surface area contributed by atoms with Crippen molar-refractivity contribution in [1.82, 2.24) is 10.2 Å². The van der Waals surface area contributed by atoms with Gasteiger partial charge in [0.25, 0.3) is 5.78 Å². The van der Waals surface area contributed by atoms with Crippen LogP contribution in [-0.2, 0) is 15.3 Å². The molecule has 8 nitrogen and oxygen atoms in total. The molecule has 1 aromatic heterocycles. The molecule has 2 heterocycles. The Morgan fingerprint density at radius 1 is 1.00 bits per heavy atom. The number of nitrogens with zero attached hydrogens (tertiary/aromatic N) is 3. The van der Waals surface area contributed by atoms with Crippen molar-refractivity contribution in [2.75, 3.05) is 18.1 Å². The summed E-state index contributed by atoms with van der Waals surface area (Å²) >= 11 is 8.93. The van der Waals surface area contributed by atoms with Crippen LogP contribution in [0.4, 0.5) is 5.13 Å². The molecule has 1 atom stereocenters. The van der Waals surface area contributed by atoms with Gasteiger partial charge in [0, 0.05) is 16.3 Å².